The molecule has 1 aliphatic rings. The molecule has 1 saturated carbocycles. The lowest BCUT2D eigenvalue weighted by Crippen LogP contribution is -2.31. The monoisotopic (exact) mass is 284 g/mol. The second-order valence-corrected chi connectivity index (χ2v) is 5.95. The van der Waals surface area contributed by atoms with Gasteiger partial charge in [0.15, 0.2) is 0 Å². The number of rotatable bonds is 4. The lowest BCUT2D eigenvalue weighted by atomic mass is 9.79. The van der Waals surface area contributed by atoms with Gasteiger partial charge in [-0.1, -0.05) is 31.0 Å². The van der Waals surface area contributed by atoms with E-state index in [1.54, 1.807) is 12.1 Å². The summed E-state index contributed by atoms with van der Waals surface area (Å²) in [6.45, 7) is 2.07. The van der Waals surface area contributed by atoms with Gasteiger partial charge >= 0.3 is 5.97 Å². The molecule has 1 fully saturated rings. The van der Waals surface area contributed by atoms with Crippen molar-refractivity contribution in [1.29, 1.82) is 0 Å². The van der Waals surface area contributed by atoms with E-state index in [4.69, 9.17) is 11.6 Å². The predicted molar refractivity (Wildman–Crippen MR) is 72.8 cm³/mol. The number of benzene rings is 1. The number of carboxylic acid groups (broad SMARTS) is 1. The Morgan fingerprint density at radius 3 is 2.84 bits per heavy atom. The van der Waals surface area contributed by atoms with Crippen LogP contribution in [0.5, 0.6) is 0 Å². The maximum atomic E-state index is 13.8. The average molecular weight is 285 g/mol. The summed E-state index contributed by atoms with van der Waals surface area (Å²) in [5.41, 5.74) is -0.362. The van der Waals surface area contributed by atoms with E-state index in [0.29, 0.717) is 29.3 Å². The summed E-state index contributed by atoms with van der Waals surface area (Å²) in [6.07, 6.45) is 3.42. The third-order valence-corrected chi connectivity index (χ3v) is 4.52. The van der Waals surface area contributed by atoms with Crippen LogP contribution in [0.15, 0.2) is 18.2 Å². The van der Waals surface area contributed by atoms with Crippen molar-refractivity contribution in [2.45, 2.75) is 39.0 Å². The van der Waals surface area contributed by atoms with Gasteiger partial charge in [-0.05, 0) is 49.3 Å². The van der Waals surface area contributed by atoms with Crippen LogP contribution in [0, 0.1) is 17.2 Å². The fourth-order valence-corrected chi connectivity index (χ4v) is 3.20. The van der Waals surface area contributed by atoms with Crippen molar-refractivity contribution >= 4 is 17.6 Å². The zero-order valence-corrected chi connectivity index (χ0v) is 11.7. The van der Waals surface area contributed by atoms with Crippen LogP contribution in [0.1, 0.15) is 38.2 Å². The zero-order valence-electron chi connectivity index (χ0n) is 11.0. The van der Waals surface area contributed by atoms with Gasteiger partial charge in [0.1, 0.15) is 5.82 Å². The first-order chi connectivity index (χ1) is 8.97. The Bertz CT molecular complexity index is 489. The number of hydrogen-bond acceptors (Lipinski definition) is 1. The van der Waals surface area contributed by atoms with Gasteiger partial charge < -0.3 is 5.11 Å². The van der Waals surface area contributed by atoms with Crippen LogP contribution in [-0.4, -0.2) is 11.1 Å². The molecule has 0 aromatic heterocycles. The van der Waals surface area contributed by atoms with E-state index < -0.39 is 17.2 Å². The predicted octanol–water partition coefficient (Wildman–Crippen LogP) is 4.30. The average Bonchev–Trinajstić information content (AvgIpc) is 2.78. The van der Waals surface area contributed by atoms with Crippen molar-refractivity contribution in [1.82, 2.24) is 0 Å². The minimum atomic E-state index is -0.810. The Balaban J connectivity index is 2.25. The Morgan fingerprint density at radius 1 is 1.58 bits per heavy atom. The Labute approximate surface area is 117 Å². The quantitative estimate of drug-likeness (QED) is 0.895. The highest BCUT2D eigenvalue weighted by molar-refractivity contribution is 6.30. The van der Waals surface area contributed by atoms with Crippen molar-refractivity contribution < 1.29 is 14.3 Å². The molecular weight excluding hydrogens is 267 g/mol. The van der Waals surface area contributed by atoms with Crippen LogP contribution in [0.2, 0.25) is 5.02 Å². The fraction of sp³-hybridized carbons (Fsp3) is 0.533. The number of carboxylic acids is 1. The second kappa shape index (κ2) is 5.49. The Hall–Kier alpha value is -1.09. The van der Waals surface area contributed by atoms with Crippen molar-refractivity contribution in [3.63, 3.8) is 0 Å². The summed E-state index contributed by atoms with van der Waals surface area (Å²) < 4.78 is 13.8. The van der Waals surface area contributed by atoms with Crippen molar-refractivity contribution in [3.05, 3.63) is 34.6 Å². The van der Waals surface area contributed by atoms with Crippen LogP contribution in [0.4, 0.5) is 4.39 Å². The van der Waals surface area contributed by atoms with E-state index in [2.05, 4.69) is 6.92 Å². The molecule has 0 saturated heterocycles. The highest BCUT2D eigenvalue weighted by atomic mass is 35.5. The molecule has 1 aromatic rings. The van der Waals surface area contributed by atoms with E-state index >= 15 is 0 Å². The molecule has 0 amide bonds. The number of hydrogen-bond donors (Lipinski definition) is 1. The summed E-state index contributed by atoms with van der Waals surface area (Å²) in [4.78, 5) is 11.6. The standard InChI is InChI=1S/C15H18ClFO2/c1-2-10-5-6-15(8-10,14(18)19)9-11-3-4-12(16)7-13(11)17/h3-4,7,10H,2,5-6,8-9H2,1H3,(H,18,19). The van der Waals surface area contributed by atoms with E-state index in [0.717, 1.165) is 12.8 Å². The summed E-state index contributed by atoms with van der Waals surface area (Å²) in [5.74, 6) is -0.780. The molecule has 2 rings (SSSR count). The highest BCUT2D eigenvalue weighted by Crippen LogP contribution is 2.46. The molecule has 4 heteroatoms. The van der Waals surface area contributed by atoms with Crippen molar-refractivity contribution in [2.24, 2.45) is 11.3 Å². The summed E-state index contributed by atoms with van der Waals surface area (Å²) in [7, 11) is 0. The molecule has 1 N–H and O–H groups in total. The van der Waals surface area contributed by atoms with Crippen molar-refractivity contribution in [3.8, 4) is 0 Å². The first-order valence-electron chi connectivity index (χ1n) is 6.64. The van der Waals surface area contributed by atoms with Gasteiger partial charge in [0.2, 0.25) is 0 Å². The third kappa shape index (κ3) is 2.92. The number of halogens is 2. The third-order valence-electron chi connectivity index (χ3n) is 4.29. The van der Waals surface area contributed by atoms with Crippen LogP contribution in [-0.2, 0) is 11.2 Å². The Kier molecular flexibility index (Phi) is 4.14. The summed E-state index contributed by atoms with van der Waals surface area (Å²) in [6, 6.07) is 4.46. The first-order valence-corrected chi connectivity index (χ1v) is 7.02. The SMILES string of the molecule is CCC1CCC(Cc2ccc(Cl)cc2F)(C(=O)O)C1. The molecule has 0 bridgehead atoms. The first kappa shape index (κ1) is 14.3. The summed E-state index contributed by atoms with van der Waals surface area (Å²) >= 11 is 5.72. The second-order valence-electron chi connectivity index (χ2n) is 5.52. The van der Waals surface area contributed by atoms with Crippen LogP contribution in [0.3, 0.4) is 0 Å². The minimum absolute atomic E-state index is 0.252. The molecule has 19 heavy (non-hydrogen) atoms. The van der Waals surface area contributed by atoms with Crippen molar-refractivity contribution in [2.75, 3.05) is 0 Å². The van der Waals surface area contributed by atoms with E-state index in [1.165, 1.54) is 6.07 Å². The highest BCUT2D eigenvalue weighted by Gasteiger charge is 2.45. The maximum absolute atomic E-state index is 13.8. The molecule has 1 aromatic carbocycles. The van der Waals surface area contributed by atoms with Gasteiger partial charge in [0.05, 0.1) is 5.41 Å². The molecule has 2 nitrogen and oxygen atoms in total. The topological polar surface area (TPSA) is 37.3 Å². The number of carbonyl (C=O) groups is 1. The van der Waals surface area contributed by atoms with E-state index in [9.17, 15) is 14.3 Å². The maximum Gasteiger partial charge on any atom is 0.309 e. The molecule has 2 unspecified atom stereocenters. The zero-order chi connectivity index (χ0) is 14.0. The fourth-order valence-electron chi connectivity index (χ4n) is 3.05. The van der Waals surface area contributed by atoms with Gasteiger partial charge in [-0.25, -0.2) is 4.39 Å². The van der Waals surface area contributed by atoms with Gasteiger partial charge in [0, 0.05) is 5.02 Å². The molecule has 0 radical (unpaired) electrons. The van der Waals surface area contributed by atoms with E-state index in [-0.39, 0.29) is 6.42 Å². The molecule has 2 atom stereocenters. The molecule has 104 valence electrons. The molecule has 1 aliphatic carbocycles. The normalized spacial score (nSPS) is 26.6. The van der Waals surface area contributed by atoms with E-state index in [1.807, 2.05) is 0 Å². The summed E-state index contributed by atoms with van der Waals surface area (Å²) in [5, 5.41) is 9.87. The smallest absolute Gasteiger partial charge is 0.309 e. The molecule has 0 heterocycles. The lowest BCUT2D eigenvalue weighted by molar-refractivity contribution is -0.148. The van der Waals surface area contributed by atoms with Crippen LogP contribution >= 0.6 is 11.6 Å². The Morgan fingerprint density at radius 2 is 2.32 bits per heavy atom. The van der Waals surface area contributed by atoms with Gasteiger partial charge in [0.25, 0.3) is 0 Å². The van der Waals surface area contributed by atoms with Crippen LogP contribution in [0.25, 0.3) is 0 Å². The molecular formula is C15H18ClFO2. The number of aliphatic carboxylic acids is 1. The minimum Gasteiger partial charge on any atom is -0.481 e. The molecule has 0 aliphatic heterocycles. The van der Waals surface area contributed by atoms with Gasteiger partial charge in [-0.15, -0.1) is 0 Å². The largest absolute Gasteiger partial charge is 0.481 e. The van der Waals surface area contributed by atoms with Gasteiger partial charge in [-0.2, -0.15) is 0 Å². The van der Waals surface area contributed by atoms with Crippen LogP contribution < -0.4 is 0 Å². The van der Waals surface area contributed by atoms with Gasteiger partial charge in [-0.3, -0.25) is 4.79 Å². The molecule has 0 spiro atoms. The lowest BCUT2D eigenvalue weighted by Gasteiger charge is -2.24.